The van der Waals surface area contributed by atoms with Crippen LogP contribution < -0.4 is 16.0 Å². The number of pyridine rings is 1. The average Bonchev–Trinajstić information content (AvgIpc) is 2.66. The van der Waals surface area contributed by atoms with Gasteiger partial charge in [0, 0.05) is 17.3 Å². The van der Waals surface area contributed by atoms with E-state index in [0.29, 0.717) is 5.02 Å². The summed E-state index contributed by atoms with van der Waals surface area (Å²) in [6.07, 6.45) is 5.18. The second-order valence-electron chi connectivity index (χ2n) is 6.47. The lowest BCUT2D eigenvalue weighted by Crippen LogP contribution is -2.48. The molecule has 28 heavy (non-hydrogen) atoms. The zero-order valence-electron chi connectivity index (χ0n) is 15.5. The molecule has 1 aromatic rings. The molecule has 1 aromatic heterocycles. The number of ether oxygens (including phenoxy) is 1. The van der Waals surface area contributed by atoms with E-state index in [1.807, 2.05) is 0 Å². The molecule has 1 saturated carbocycles. The Labute approximate surface area is 167 Å². The first kappa shape index (κ1) is 21.6. The number of hydrogen-bond donors (Lipinski definition) is 3. The second-order valence-corrected chi connectivity index (χ2v) is 6.91. The third-order valence-electron chi connectivity index (χ3n) is 4.20. The topological polar surface area (TPSA) is 126 Å². The Morgan fingerprint density at radius 1 is 1.25 bits per heavy atom. The van der Waals surface area contributed by atoms with E-state index in [2.05, 4.69) is 20.9 Å². The van der Waals surface area contributed by atoms with Gasteiger partial charge in [0.1, 0.15) is 12.2 Å². The molecule has 1 heterocycles. The van der Waals surface area contributed by atoms with Gasteiger partial charge in [0.25, 0.3) is 11.8 Å². The molecule has 2 rings (SSSR count). The van der Waals surface area contributed by atoms with Crippen LogP contribution in [-0.4, -0.2) is 47.5 Å². The summed E-state index contributed by atoms with van der Waals surface area (Å²) >= 11 is 5.77. The highest BCUT2D eigenvalue weighted by Crippen LogP contribution is 2.17. The molecule has 1 atom stereocenters. The van der Waals surface area contributed by atoms with Crippen molar-refractivity contribution in [2.75, 3.05) is 6.54 Å². The molecule has 152 valence electrons. The van der Waals surface area contributed by atoms with Crippen LogP contribution in [0.4, 0.5) is 4.79 Å². The summed E-state index contributed by atoms with van der Waals surface area (Å²) in [7, 11) is 0. The van der Waals surface area contributed by atoms with Gasteiger partial charge < -0.3 is 15.4 Å². The predicted molar refractivity (Wildman–Crippen MR) is 101 cm³/mol. The minimum atomic E-state index is -1.19. The number of carbonyl (C=O) groups is 4. The lowest BCUT2D eigenvalue weighted by Gasteiger charge is -2.23. The lowest BCUT2D eigenvalue weighted by atomic mass is 9.96. The van der Waals surface area contributed by atoms with Crippen LogP contribution in [-0.2, 0) is 14.3 Å². The maximum atomic E-state index is 12.0. The summed E-state index contributed by atoms with van der Waals surface area (Å²) in [4.78, 5) is 51.3. The van der Waals surface area contributed by atoms with E-state index in [4.69, 9.17) is 16.3 Å². The van der Waals surface area contributed by atoms with Crippen molar-refractivity contribution in [2.24, 2.45) is 0 Å². The number of rotatable bonds is 6. The van der Waals surface area contributed by atoms with E-state index >= 15 is 0 Å². The summed E-state index contributed by atoms with van der Waals surface area (Å²) < 4.78 is 4.92. The number of hydrogen-bond acceptors (Lipinski definition) is 6. The van der Waals surface area contributed by atoms with Gasteiger partial charge in [-0.2, -0.15) is 0 Å². The average molecular weight is 411 g/mol. The molecular formula is C18H23ClN4O5. The van der Waals surface area contributed by atoms with E-state index in [-0.39, 0.29) is 11.7 Å². The number of nitrogens with zero attached hydrogens (tertiary/aromatic N) is 1. The molecule has 0 aromatic carbocycles. The fourth-order valence-electron chi connectivity index (χ4n) is 2.75. The largest absolute Gasteiger partial charge is 0.451 e. The molecule has 4 amide bonds. The van der Waals surface area contributed by atoms with Crippen molar-refractivity contribution in [2.45, 2.75) is 51.2 Å². The van der Waals surface area contributed by atoms with Crippen molar-refractivity contribution in [1.29, 1.82) is 0 Å². The van der Waals surface area contributed by atoms with Crippen molar-refractivity contribution in [3.05, 3.63) is 29.0 Å². The molecule has 1 aliphatic carbocycles. The highest BCUT2D eigenvalue weighted by atomic mass is 35.5. The van der Waals surface area contributed by atoms with Crippen LogP contribution in [0.5, 0.6) is 0 Å². The number of urea groups is 1. The highest BCUT2D eigenvalue weighted by Gasteiger charge is 2.22. The second kappa shape index (κ2) is 10.6. The van der Waals surface area contributed by atoms with Crippen molar-refractivity contribution >= 4 is 35.4 Å². The molecule has 0 aliphatic heterocycles. The standard InChI is InChI=1S/C18H23ClN4O5/c1-11(16(25)23-18(27)22-13-5-3-2-4-6-13)28-15(24)10-21-17(26)14-9-12(19)7-8-20-14/h7-9,11,13H,2-6,10H2,1H3,(H,21,26)(H2,22,23,25,27)/t11-/m0/s1. The number of esters is 1. The summed E-state index contributed by atoms with van der Waals surface area (Å²) in [6.45, 7) is 0.875. The third-order valence-corrected chi connectivity index (χ3v) is 4.44. The highest BCUT2D eigenvalue weighted by molar-refractivity contribution is 6.30. The van der Waals surface area contributed by atoms with Gasteiger partial charge in [-0.25, -0.2) is 4.79 Å². The fraction of sp³-hybridized carbons (Fsp3) is 0.500. The Balaban J connectivity index is 1.71. The molecule has 0 radical (unpaired) electrons. The minimum Gasteiger partial charge on any atom is -0.451 e. The quantitative estimate of drug-likeness (QED) is 0.611. The molecular weight excluding hydrogens is 388 g/mol. The Kier molecular flexibility index (Phi) is 8.19. The number of carbonyl (C=O) groups excluding carboxylic acids is 4. The summed E-state index contributed by atoms with van der Waals surface area (Å²) in [5.74, 6) is -2.18. The zero-order chi connectivity index (χ0) is 20.5. The number of halogens is 1. The SMILES string of the molecule is C[C@H](OC(=O)CNC(=O)c1cc(Cl)ccn1)C(=O)NC(=O)NC1CCCCC1. The van der Waals surface area contributed by atoms with Crippen LogP contribution in [0, 0.1) is 0 Å². The Morgan fingerprint density at radius 2 is 1.96 bits per heavy atom. The van der Waals surface area contributed by atoms with Gasteiger partial charge in [-0.15, -0.1) is 0 Å². The fourth-order valence-corrected chi connectivity index (χ4v) is 2.91. The van der Waals surface area contributed by atoms with Crippen molar-refractivity contribution in [3.8, 4) is 0 Å². The first-order valence-corrected chi connectivity index (χ1v) is 9.43. The maximum absolute atomic E-state index is 12.0. The normalized spacial score (nSPS) is 15.2. The maximum Gasteiger partial charge on any atom is 0.326 e. The number of aromatic nitrogens is 1. The smallest absolute Gasteiger partial charge is 0.326 e. The van der Waals surface area contributed by atoms with Gasteiger partial charge in [0.2, 0.25) is 0 Å². The van der Waals surface area contributed by atoms with Gasteiger partial charge in [0.05, 0.1) is 0 Å². The molecule has 0 unspecified atom stereocenters. The van der Waals surface area contributed by atoms with E-state index in [0.717, 1.165) is 32.1 Å². The van der Waals surface area contributed by atoms with Gasteiger partial charge in [-0.05, 0) is 31.9 Å². The Bertz CT molecular complexity index is 736. The Morgan fingerprint density at radius 3 is 2.64 bits per heavy atom. The first-order valence-electron chi connectivity index (χ1n) is 9.05. The number of amides is 4. The number of nitrogens with one attached hydrogen (secondary N) is 3. The third kappa shape index (κ3) is 7.15. The molecule has 1 aliphatic rings. The van der Waals surface area contributed by atoms with Crippen LogP contribution in [0.15, 0.2) is 18.3 Å². The molecule has 9 nitrogen and oxygen atoms in total. The van der Waals surface area contributed by atoms with E-state index in [1.54, 1.807) is 0 Å². The van der Waals surface area contributed by atoms with E-state index in [9.17, 15) is 19.2 Å². The molecule has 0 bridgehead atoms. The first-order chi connectivity index (χ1) is 13.3. The van der Waals surface area contributed by atoms with Crippen LogP contribution in [0.2, 0.25) is 5.02 Å². The molecule has 0 saturated heterocycles. The summed E-state index contributed by atoms with van der Waals surface area (Å²) in [5.41, 5.74) is 0.0467. The zero-order valence-corrected chi connectivity index (χ0v) is 16.3. The summed E-state index contributed by atoms with van der Waals surface area (Å²) in [5, 5.41) is 7.54. The lowest BCUT2D eigenvalue weighted by molar-refractivity contribution is -0.153. The van der Waals surface area contributed by atoms with Crippen LogP contribution >= 0.6 is 11.6 Å². The molecule has 10 heteroatoms. The van der Waals surface area contributed by atoms with Gasteiger partial charge in [-0.3, -0.25) is 24.7 Å². The van der Waals surface area contributed by atoms with Crippen LogP contribution in [0.1, 0.15) is 49.5 Å². The van der Waals surface area contributed by atoms with Crippen LogP contribution in [0.3, 0.4) is 0 Å². The Hall–Kier alpha value is -2.68. The van der Waals surface area contributed by atoms with Crippen molar-refractivity contribution in [3.63, 3.8) is 0 Å². The minimum absolute atomic E-state index is 0.0467. The van der Waals surface area contributed by atoms with Crippen molar-refractivity contribution < 1.29 is 23.9 Å². The van der Waals surface area contributed by atoms with E-state index < -0.39 is 36.5 Å². The van der Waals surface area contributed by atoms with Crippen LogP contribution in [0.25, 0.3) is 0 Å². The molecule has 1 fully saturated rings. The van der Waals surface area contributed by atoms with Gasteiger partial charge in [-0.1, -0.05) is 30.9 Å². The monoisotopic (exact) mass is 410 g/mol. The number of imide groups is 1. The predicted octanol–water partition coefficient (Wildman–Crippen LogP) is 1.55. The van der Waals surface area contributed by atoms with E-state index in [1.165, 1.54) is 25.3 Å². The molecule has 3 N–H and O–H groups in total. The molecule has 0 spiro atoms. The van der Waals surface area contributed by atoms with Crippen molar-refractivity contribution in [1.82, 2.24) is 20.9 Å². The summed E-state index contributed by atoms with van der Waals surface area (Å²) in [6, 6.07) is 2.30. The van der Waals surface area contributed by atoms with Gasteiger partial charge >= 0.3 is 12.0 Å². The van der Waals surface area contributed by atoms with Gasteiger partial charge in [0.15, 0.2) is 6.10 Å².